The molecule has 0 aliphatic heterocycles. The van der Waals surface area contributed by atoms with Crippen LogP contribution in [0.3, 0.4) is 0 Å². The summed E-state index contributed by atoms with van der Waals surface area (Å²) in [6.07, 6.45) is 0. The van der Waals surface area contributed by atoms with Gasteiger partial charge in [0.15, 0.2) is 0 Å². The van der Waals surface area contributed by atoms with E-state index in [1.807, 2.05) is 59.1 Å². The van der Waals surface area contributed by atoms with Gasteiger partial charge in [-0.05, 0) is 57.1 Å². The molecule has 0 unspecified atom stereocenters. The van der Waals surface area contributed by atoms with Crippen LogP contribution >= 0.6 is 22.7 Å². The van der Waals surface area contributed by atoms with E-state index in [4.69, 9.17) is 9.26 Å². The Labute approximate surface area is 506 Å². The highest BCUT2D eigenvalue weighted by Crippen LogP contribution is 2.56. The molecule has 0 atom stereocenters. The number of para-hydroxylation sites is 3. The molecule has 5 nitrogen and oxygen atoms in total. The van der Waals surface area contributed by atoms with E-state index in [0.29, 0.717) is 28.2 Å². The van der Waals surface area contributed by atoms with E-state index in [9.17, 15) is 11.8 Å². The Bertz CT molecular complexity index is 5840. The van der Waals surface area contributed by atoms with Crippen molar-refractivity contribution < 1.29 is 4.42 Å². The van der Waals surface area contributed by atoms with Crippen molar-refractivity contribution in [3.8, 4) is 73.1 Å². The summed E-state index contributed by atoms with van der Waals surface area (Å²) in [6, 6.07) is 97.3. The summed E-state index contributed by atoms with van der Waals surface area (Å²) in [6.45, 7) is 9.66. The smallest absolute Gasteiger partial charge is 0.220 e. The molecule has 5 heterocycles. The third-order valence-electron chi connectivity index (χ3n) is 17.8. The van der Waals surface area contributed by atoms with Crippen molar-refractivity contribution in [2.75, 3.05) is 0 Å². The van der Waals surface area contributed by atoms with Gasteiger partial charge in [0, 0.05) is 80.0 Å². The molecule has 0 radical (unpaired) electrons. The second kappa shape index (κ2) is 19.1. The van der Waals surface area contributed by atoms with E-state index in [2.05, 4.69) is 246 Å². The molecule has 18 rings (SSSR count). The van der Waals surface area contributed by atoms with E-state index >= 15 is 0 Å². The van der Waals surface area contributed by atoms with Gasteiger partial charge in [0.05, 0.1) is 55.0 Å². The quantitative estimate of drug-likeness (QED) is 0.149. The second-order valence-corrected chi connectivity index (χ2v) is 24.3. The fourth-order valence-corrected chi connectivity index (χ4v) is 16.8. The lowest BCUT2D eigenvalue weighted by molar-refractivity contribution is 0.670. The summed E-state index contributed by atoms with van der Waals surface area (Å²) in [7, 11) is 0. The average molecular weight is 1140 g/mol. The molecular weight excluding hydrogens is 1100 g/mol. The predicted octanol–water partition coefficient (Wildman–Crippen LogP) is 23.3. The van der Waals surface area contributed by atoms with E-state index in [1.165, 1.54) is 31.3 Å². The number of aromatic nitrogens is 2. The molecule has 0 amide bonds. The van der Waals surface area contributed by atoms with E-state index < -0.39 is 0 Å². The summed E-state index contributed by atoms with van der Waals surface area (Å²) in [4.78, 5) is 4.70. The van der Waals surface area contributed by atoms with Gasteiger partial charge < -0.3 is 13.6 Å². The first-order valence-electron chi connectivity index (χ1n) is 29.1. The highest BCUT2D eigenvalue weighted by atomic mass is 32.1. The Morgan fingerprint density at radius 3 is 1.40 bits per heavy atom. The van der Waals surface area contributed by atoms with Gasteiger partial charge in [-0.3, -0.25) is 0 Å². The molecule has 402 valence electrons. The standard InChI is InChI=1S/C80H44N4OS2/c1-82-71-69(49-25-10-4-11-26-49)65(46-81)72(70(50-27-12-5-13-28-50)75(71)83-66-37-16-14-29-55(66)56-40-39-51(45-67(56)83)52-31-18-34-60-57-30-15-17-38-68(57)85-76(52)60)84-73-58(41-43-63-61-35-19-32-53(77(61)86-79(63)73)47-21-6-2-7-22-47)59-42-44-64-62-36-20-33-54(48-23-8-3-9-24-48)78(62)87-80(64)74(59)84/h2-45H. The lowest BCUT2D eigenvalue weighted by atomic mass is 9.88. The monoisotopic (exact) mass is 1140 g/mol. The molecule has 87 heavy (non-hydrogen) atoms. The molecule has 18 aromatic rings. The number of hydrogen-bond acceptors (Lipinski definition) is 4. The highest BCUT2D eigenvalue weighted by Gasteiger charge is 2.33. The third kappa shape index (κ3) is 7.10. The molecule has 0 aliphatic carbocycles. The number of rotatable bonds is 7. The van der Waals surface area contributed by atoms with Gasteiger partial charge in [-0.15, -0.1) is 22.7 Å². The third-order valence-corrected chi connectivity index (χ3v) is 20.3. The lowest BCUT2D eigenvalue weighted by Crippen LogP contribution is -2.09. The van der Waals surface area contributed by atoms with Crippen molar-refractivity contribution in [3.05, 3.63) is 284 Å². The van der Waals surface area contributed by atoms with Crippen LogP contribution in [0.2, 0.25) is 0 Å². The van der Waals surface area contributed by atoms with Crippen molar-refractivity contribution in [2.24, 2.45) is 0 Å². The first kappa shape index (κ1) is 49.1. The first-order chi connectivity index (χ1) is 43.1. The molecule has 0 bridgehead atoms. The molecular formula is C80H44N4OS2. The van der Waals surface area contributed by atoms with Crippen LogP contribution in [0, 0.1) is 17.9 Å². The van der Waals surface area contributed by atoms with Crippen molar-refractivity contribution in [1.82, 2.24) is 9.13 Å². The number of thiophene rings is 2. The fourth-order valence-electron chi connectivity index (χ4n) is 14.1. The average Bonchev–Trinajstić information content (AvgIpc) is 1.67. The van der Waals surface area contributed by atoms with Crippen molar-refractivity contribution in [2.45, 2.75) is 0 Å². The largest absolute Gasteiger partial charge is 0.455 e. The first-order valence-corrected chi connectivity index (χ1v) is 30.7. The Hall–Kier alpha value is -11.3. The van der Waals surface area contributed by atoms with Crippen LogP contribution in [0.5, 0.6) is 0 Å². The molecule has 13 aromatic carbocycles. The summed E-state index contributed by atoms with van der Waals surface area (Å²) >= 11 is 3.63. The van der Waals surface area contributed by atoms with E-state index in [-0.39, 0.29) is 0 Å². The minimum Gasteiger partial charge on any atom is -0.455 e. The minimum absolute atomic E-state index is 0.382. The topological polar surface area (TPSA) is 51.1 Å². The molecule has 7 heteroatoms. The van der Waals surface area contributed by atoms with Gasteiger partial charge in [-0.25, -0.2) is 4.85 Å². The van der Waals surface area contributed by atoms with Gasteiger partial charge in [0.25, 0.3) is 0 Å². The zero-order valence-electron chi connectivity index (χ0n) is 46.4. The van der Waals surface area contributed by atoms with Gasteiger partial charge in [-0.2, -0.15) is 5.26 Å². The van der Waals surface area contributed by atoms with Crippen molar-refractivity contribution >= 4 is 134 Å². The zero-order valence-corrected chi connectivity index (χ0v) is 48.1. The molecule has 0 aliphatic rings. The predicted molar refractivity (Wildman–Crippen MR) is 366 cm³/mol. The van der Waals surface area contributed by atoms with Crippen molar-refractivity contribution in [3.63, 3.8) is 0 Å². The Morgan fingerprint density at radius 2 is 0.816 bits per heavy atom. The summed E-state index contributed by atoms with van der Waals surface area (Å²) in [5, 5.41) is 23.5. The number of nitriles is 1. The highest BCUT2D eigenvalue weighted by molar-refractivity contribution is 7.28. The summed E-state index contributed by atoms with van der Waals surface area (Å²) in [5.74, 6) is 0. The molecule has 0 saturated carbocycles. The second-order valence-electron chi connectivity index (χ2n) is 22.3. The van der Waals surface area contributed by atoms with Gasteiger partial charge in [0.2, 0.25) is 5.69 Å². The molecule has 5 aromatic heterocycles. The van der Waals surface area contributed by atoms with Gasteiger partial charge in [0.1, 0.15) is 17.2 Å². The van der Waals surface area contributed by atoms with Gasteiger partial charge in [-0.1, -0.05) is 249 Å². The van der Waals surface area contributed by atoms with Gasteiger partial charge >= 0.3 is 0 Å². The maximum absolute atomic E-state index is 12.6. The molecule has 0 spiro atoms. The van der Waals surface area contributed by atoms with E-state index in [0.717, 1.165) is 125 Å². The summed E-state index contributed by atoms with van der Waals surface area (Å²) in [5.41, 5.74) is 17.3. The number of nitrogens with zero attached hydrogens (tertiary/aromatic N) is 4. The fraction of sp³-hybridized carbons (Fsp3) is 0. The van der Waals surface area contributed by atoms with Crippen LogP contribution < -0.4 is 0 Å². The van der Waals surface area contributed by atoms with Crippen LogP contribution in [0.1, 0.15) is 5.56 Å². The Morgan fingerprint density at radius 1 is 0.356 bits per heavy atom. The van der Waals surface area contributed by atoms with Crippen LogP contribution in [0.15, 0.2) is 271 Å². The molecule has 0 fully saturated rings. The normalized spacial score (nSPS) is 11.9. The number of benzene rings is 13. The zero-order chi connectivity index (χ0) is 57.4. The molecule has 0 N–H and O–H groups in total. The Balaban J connectivity index is 1.07. The van der Waals surface area contributed by atoms with Crippen LogP contribution in [-0.2, 0) is 0 Å². The van der Waals surface area contributed by atoms with E-state index in [1.54, 1.807) is 0 Å². The van der Waals surface area contributed by atoms with Crippen LogP contribution in [0.25, 0.3) is 178 Å². The SMILES string of the molecule is [C-]#[N+]c1c(-c2ccccc2)c(C#N)c(-n2c3c(ccc4c5cccc(-c6ccccc6)c5sc43)c3ccc4c5cccc(-c6ccccc6)c5sc4c32)c(-c2ccccc2)c1-n1c2ccccc2c2ccc(-c3cccc4c3oc3ccccc34)cc21. The van der Waals surface area contributed by atoms with Crippen LogP contribution in [-0.4, -0.2) is 9.13 Å². The van der Waals surface area contributed by atoms with Crippen molar-refractivity contribution in [1.29, 1.82) is 5.26 Å². The molecule has 0 saturated heterocycles. The minimum atomic E-state index is 0.382. The van der Waals surface area contributed by atoms with Crippen LogP contribution in [0.4, 0.5) is 5.69 Å². The lowest BCUT2D eigenvalue weighted by Gasteiger charge is -2.26. The number of furan rings is 1. The Kier molecular flexibility index (Phi) is 10.8. The summed E-state index contributed by atoms with van der Waals surface area (Å²) < 4.78 is 16.1. The number of fused-ring (bicyclic) bond motifs is 17. The number of hydrogen-bond donors (Lipinski definition) is 0. The maximum Gasteiger partial charge on any atom is 0.220 e. The maximum atomic E-state index is 12.6.